The van der Waals surface area contributed by atoms with Crippen LogP contribution in [0.1, 0.15) is 38.5 Å². The lowest BCUT2D eigenvalue weighted by molar-refractivity contribution is -0.149. The fraction of sp³-hybridized carbons (Fsp3) is 0.692. The Hall–Kier alpha value is -1.46. The van der Waals surface area contributed by atoms with Gasteiger partial charge in [0.15, 0.2) is 0 Å². The lowest BCUT2D eigenvalue weighted by atomic mass is 10.1. The summed E-state index contributed by atoms with van der Waals surface area (Å²) < 4.78 is 23.9. The van der Waals surface area contributed by atoms with Gasteiger partial charge in [0.05, 0.1) is 0 Å². The highest BCUT2D eigenvalue weighted by atomic mass is 19.3. The van der Waals surface area contributed by atoms with Crippen molar-refractivity contribution in [1.82, 2.24) is 4.90 Å². The predicted octanol–water partition coefficient (Wildman–Crippen LogP) is 2.69. The Balaban J connectivity index is 4.26. The summed E-state index contributed by atoms with van der Waals surface area (Å²) in [5.74, 6) is -1.38. The Morgan fingerprint density at radius 2 is 1.89 bits per heavy atom. The number of carbonyl (C=O) groups excluding carboxylic acids is 1. The van der Waals surface area contributed by atoms with Gasteiger partial charge in [0, 0.05) is 19.9 Å². The minimum Gasteiger partial charge on any atom is -0.480 e. The van der Waals surface area contributed by atoms with Crippen molar-refractivity contribution in [3.63, 3.8) is 0 Å². The molecule has 0 radical (unpaired) electrons. The van der Waals surface area contributed by atoms with Gasteiger partial charge >= 0.3 is 5.97 Å². The molecule has 0 saturated heterocycles. The van der Waals surface area contributed by atoms with Crippen LogP contribution in [0.5, 0.6) is 0 Å². The molecule has 6 heteroatoms. The van der Waals surface area contributed by atoms with Gasteiger partial charge < -0.3 is 10.0 Å². The Bertz CT molecular complexity index is 308. The SMILES string of the molecule is C=CCCC(=O)N(C)[C@@H](CCCCC(F)F)C(=O)O. The number of hydrogen-bond acceptors (Lipinski definition) is 2. The summed E-state index contributed by atoms with van der Waals surface area (Å²) in [4.78, 5) is 23.9. The second-order valence-electron chi connectivity index (χ2n) is 4.36. The first kappa shape index (κ1) is 17.5. The molecule has 1 N–H and O–H groups in total. The van der Waals surface area contributed by atoms with Crippen molar-refractivity contribution in [2.45, 2.75) is 51.0 Å². The van der Waals surface area contributed by atoms with Crippen LogP contribution in [-0.2, 0) is 9.59 Å². The molecule has 0 aromatic carbocycles. The standard InChI is InChI=1S/C13H21F2NO3/c1-3-4-9-12(17)16(2)10(13(18)19)7-5-6-8-11(14)15/h3,10-11H,1,4-9H2,2H3,(H,18,19)/t10-/m0/s1. The Morgan fingerprint density at radius 3 is 2.37 bits per heavy atom. The number of halogens is 2. The van der Waals surface area contributed by atoms with Crippen molar-refractivity contribution in [3.05, 3.63) is 12.7 Å². The third-order valence-electron chi connectivity index (χ3n) is 2.86. The molecule has 0 fully saturated rings. The summed E-state index contributed by atoms with van der Waals surface area (Å²) in [6.07, 6.45) is 0.497. The van der Waals surface area contributed by atoms with Crippen molar-refractivity contribution in [2.75, 3.05) is 7.05 Å². The molecule has 0 saturated carbocycles. The number of carboxylic acid groups (broad SMARTS) is 1. The molecule has 0 unspecified atom stereocenters. The monoisotopic (exact) mass is 277 g/mol. The van der Waals surface area contributed by atoms with Crippen molar-refractivity contribution < 1.29 is 23.5 Å². The summed E-state index contributed by atoms with van der Waals surface area (Å²) in [5.41, 5.74) is 0. The highest BCUT2D eigenvalue weighted by Gasteiger charge is 2.25. The van der Waals surface area contributed by atoms with Gasteiger partial charge in [0.25, 0.3) is 0 Å². The highest BCUT2D eigenvalue weighted by molar-refractivity contribution is 5.83. The zero-order chi connectivity index (χ0) is 14.8. The number of aliphatic carboxylic acids is 1. The Kier molecular flexibility index (Phi) is 8.74. The molecule has 0 aliphatic carbocycles. The van der Waals surface area contributed by atoms with E-state index < -0.39 is 18.4 Å². The van der Waals surface area contributed by atoms with E-state index in [1.807, 2.05) is 0 Å². The van der Waals surface area contributed by atoms with Crippen LogP contribution in [0.25, 0.3) is 0 Å². The Labute approximate surface area is 112 Å². The minimum atomic E-state index is -2.37. The number of amides is 1. The van der Waals surface area contributed by atoms with Gasteiger partial charge in [-0.3, -0.25) is 4.79 Å². The number of carboxylic acids is 1. The van der Waals surface area contributed by atoms with E-state index in [4.69, 9.17) is 5.11 Å². The third kappa shape index (κ3) is 7.54. The highest BCUT2D eigenvalue weighted by Crippen LogP contribution is 2.13. The molecule has 4 nitrogen and oxygen atoms in total. The summed E-state index contributed by atoms with van der Waals surface area (Å²) in [5, 5.41) is 9.06. The molecular formula is C13H21F2NO3. The summed E-state index contributed by atoms with van der Waals surface area (Å²) >= 11 is 0. The smallest absolute Gasteiger partial charge is 0.326 e. The number of rotatable bonds is 10. The first-order valence-electron chi connectivity index (χ1n) is 6.27. The molecule has 19 heavy (non-hydrogen) atoms. The number of hydrogen-bond donors (Lipinski definition) is 1. The van der Waals surface area contributed by atoms with Crippen LogP contribution in [0.4, 0.5) is 8.78 Å². The maximum atomic E-state index is 12.0. The van der Waals surface area contributed by atoms with Gasteiger partial charge in [-0.05, 0) is 19.3 Å². The van der Waals surface area contributed by atoms with Gasteiger partial charge in [-0.1, -0.05) is 12.5 Å². The lowest BCUT2D eigenvalue weighted by Gasteiger charge is -2.24. The summed E-state index contributed by atoms with van der Waals surface area (Å²) in [6.45, 7) is 3.49. The number of allylic oxidation sites excluding steroid dienone is 1. The fourth-order valence-corrected chi connectivity index (χ4v) is 1.69. The summed E-state index contributed by atoms with van der Waals surface area (Å²) in [6, 6.07) is -0.949. The van der Waals surface area contributed by atoms with Crippen molar-refractivity contribution in [2.24, 2.45) is 0 Å². The van der Waals surface area contributed by atoms with E-state index in [1.54, 1.807) is 6.08 Å². The number of nitrogens with zero attached hydrogens (tertiary/aromatic N) is 1. The number of carbonyl (C=O) groups is 2. The maximum absolute atomic E-state index is 12.0. The topological polar surface area (TPSA) is 57.6 Å². The zero-order valence-electron chi connectivity index (χ0n) is 11.1. The predicted molar refractivity (Wildman–Crippen MR) is 68.1 cm³/mol. The van der Waals surface area contributed by atoms with E-state index in [2.05, 4.69) is 6.58 Å². The average molecular weight is 277 g/mol. The number of alkyl halides is 2. The molecule has 0 rings (SSSR count). The summed E-state index contributed by atoms with van der Waals surface area (Å²) in [7, 11) is 1.43. The quantitative estimate of drug-likeness (QED) is 0.493. The first-order chi connectivity index (χ1) is 8.90. The van der Waals surface area contributed by atoms with Gasteiger partial charge in [-0.15, -0.1) is 6.58 Å². The van der Waals surface area contributed by atoms with Crippen LogP contribution >= 0.6 is 0 Å². The zero-order valence-corrected chi connectivity index (χ0v) is 11.1. The van der Waals surface area contributed by atoms with Crippen LogP contribution in [0, 0.1) is 0 Å². The van der Waals surface area contributed by atoms with E-state index in [0.717, 1.165) is 0 Å². The van der Waals surface area contributed by atoms with Gasteiger partial charge in [0.2, 0.25) is 12.3 Å². The Morgan fingerprint density at radius 1 is 1.32 bits per heavy atom. The van der Waals surface area contributed by atoms with Gasteiger partial charge in [-0.25, -0.2) is 13.6 Å². The second-order valence-corrected chi connectivity index (χ2v) is 4.36. The first-order valence-corrected chi connectivity index (χ1v) is 6.27. The van der Waals surface area contributed by atoms with Crippen LogP contribution in [0.2, 0.25) is 0 Å². The molecule has 1 atom stereocenters. The molecular weight excluding hydrogens is 256 g/mol. The molecule has 0 spiro atoms. The second kappa shape index (κ2) is 9.47. The lowest BCUT2D eigenvalue weighted by Crippen LogP contribution is -2.42. The van der Waals surface area contributed by atoms with E-state index >= 15 is 0 Å². The molecule has 0 heterocycles. The van der Waals surface area contributed by atoms with E-state index in [1.165, 1.54) is 11.9 Å². The van der Waals surface area contributed by atoms with Crippen LogP contribution in [0.15, 0.2) is 12.7 Å². The van der Waals surface area contributed by atoms with E-state index in [0.29, 0.717) is 12.8 Å². The molecule has 0 aromatic rings. The van der Waals surface area contributed by atoms with E-state index in [9.17, 15) is 18.4 Å². The van der Waals surface area contributed by atoms with Crippen molar-refractivity contribution >= 4 is 11.9 Å². The maximum Gasteiger partial charge on any atom is 0.326 e. The molecule has 1 amide bonds. The van der Waals surface area contributed by atoms with Crippen molar-refractivity contribution in [1.29, 1.82) is 0 Å². The molecule has 0 aromatic heterocycles. The average Bonchev–Trinajstić information content (AvgIpc) is 2.34. The molecule has 0 aliphatic rings. The molecule has 0 aliphatic heterocycles. The van der Waals surface area contributed by atoms with Crippen LogP contribution in [0.3, 0.4) is 0 Å². The largest absolute Gasteiger partial charge is 0.480 e. The third-order valence-corrected chi connectivity index (χ3v) is 2.86. The van der Waals surface area contributed by atoms with Gasteiger partial charge in [-0.2, -0.15) is 0 Å². The number of unbranched alkanes of at least 4 members (excludes halogenated alkanes) is 1. The molecule has 110 valence electrons. The normalized spacial score (nSPS) is 12.2. The van der Waals surface area contributed by atoms with Gasteiger partial charge in [0.1, 0.15) is 6.04 Å². The fourth-order valence-electron chi connectivity index (χ4n) is 1.69. The van der Waals surface area contributed by atoms with Crippen LogP contribution < -0.4 is 0 Å². The minimum absolute atomic E-state index is 0.193. The van der Waals surface area contributed by atoms with Crippen molar-refractivity contribution in [3.8, 4) is 0 Å². The molecule has 0 bridgehead atoms. The number of likely N-dealkylation sites (N-methyl/N-ethyl adjacent to an activating group) is 1. The van der Waals surface area contributed by atoms with E-state index in [-0.39, 0.29) is 31.6 Å². The van der Waals surface area contributed by atoms with Crippen LogP contribution in [-0.4, -0.2) is 41.4 Å².